The van der Waals surface area contributed by atoms with Crippen LogP contribution in [0.15, 0.2) is 0 Å². The van der Waals surface area contributed by atoms with Gasteiger partial charge in [0.15, 0.2) is 0 Å². The monoisotopic (exact) mass is 162 g/mol. The molecule has 0 spiro atoms. The zero-order valence-electron chi connectivity index (χ0n) is 7.20. The lowest BCUT2D eigenvalue weighted by atomic mass is 9.63. The third-order valence-electron chi connectivity index (χ3n) is 5.09. The number of hydrogen-bond donors (Lipinski definition) is 0. The van der Waals surface area contributed by atoms with E-state index in [2.05, 4.69) is 0 Å². The molecule has 0 aromatic heterocycles. The average Bonchev–Trinajstić information content (AvgIpc) is 2.81. The number of Topliss-reactive ketones (excluding diaryl/α,β-unsaturated/α-hetero) is 1. The Balaban J connectivity index is 1.86. The largest absolute Gasteiger partial charge is 0.299 e. The first-order valence-corrected chi connectivity index (χ1v) is 5.39. The highest BCUT2D eigenvalue weighted by Gasteiger charge is 2.69. The lowest BCUT2D eigenvalue weighted by Gasteiger charge is -2.42. The van der Waals surface area contributed by atoms with Crippen molar-refractivity contribution in [2.75, 3.05) is 0 Å². The molecule has 12 heavy (non-hydrogen) atoms. The summed E-state index contributed by atoms with van der Waals surface area (Å²) in [6, 6.07) is 0. The maximum atomic E-state index is 11.6. The third kappa shape index (κ3) is 0.486. The van der Waals surface area contributed by atoms with Gasteiger partial charge in [-0.3, -0.25) is 4.79 Å². The standard InChI is InChI=1S/C11H14O/c12-8-4-6-3-5-1-2-7(6)10-9(5)11(8)10/h5-7,9-11H,1-4H2. The number of rotatable bonds is 0. The topological polar surface area (TPSA) is 17.1 Å². The molecule has 5 fully saturated rings. The van der Waals surface area contributed by atoms with Crippen LogP contribution in [0.1, 0.15) is 25.7 Å². The number of carbonyl (C=O) groups excluding carboxylic acids is 1. The molecule has 64 valence electrons. The summed E-state index contributed by atoms with van der Waals surface area (Å²) in [6.45, 7) is 0. The number of carbonyl (C=O) groups is 1. The van der Waals surface area contributed by atoms with Gasteiger partial charge in [-0.05, 0) is 48.9 Å². The van der Waals surface area contributed by atoms with Gasteiger partial charge >= 0.3 is 0 Å². The summed E-state index contributed by atoms with van der Waals surface area (Å²) in [4.78, 5) is 11.6. The normalized spacial score (nSPS) is 65.2. The second-order valence-corrected chi connectivity index (χ2v) is 5.35. The molecule has 0 N–H and O–H groups in total. The highest BCUT2D eigenvalue weighted by atomic mass is 16.1. The summed E-state index contributed by atoms with van der Waals surface area (Å²) < 4.78 is 0. The van der Waals surface area contributed by atoms with Crippen molar-refractivity contribution in [3.05, 3.63) is 0 Å². The van der Waals surface area contributed by atoms with Crippen LogP contribution in [0.25, 0.3) is 0 Å². The first kappa shape index (κ1) is 6.17. The third-order valence-corrected chi connectivity index (χ3v) is 5.09. The fourth-order valence-electron chi connectivity index (χ4n) is 4.76. The van der Waals surface area contributed by atoms with Crippen molar-refractivity contribution >= 4 is 5.78 Å². The molecular weight excluding hydrogens is 148 g/mol. The molecule has 6 unspecified atom stereocenters. The van der Waals surface area contributed by atoms with Crippen molar-refractivity contribution in [1.82, 2.24) is 0 Å². The van der Waals surface area contributed by atoms with Gasteiger partial charge in [0.1, 0.15) is 5.78 Å². The van der Waals surface area contributed by atoms with E-state index in [1.54, 1.807) is 0 Å². The van der Waals surface area contributed by atoms with E-state index in [1.807, 2.05) is 0 Å². The first-order valence-electron chi connectivity index (χ1n) is 5.39. The van der Waals surface area contributed by atoms with E-state index in [9.17, 15) is 4.79 Å². The van der Waals surface area contributed by atoms with Gasteiger partial charge in [0.25, 0.3) is 0 Å². The molecule has 0 aromatic carbocycles. The van der Waals surface area contributed by atoms with Crippen LogP contribution in [0.2, 0.25) is 0 Å². The Morgan fingerprint density at radius 3 is 2.92 bits per heavy atom. The van der Waals surface area contributed by atoms with Crippen molar-refractivity contribution in [2.45, 2.75) is 25.7 Å². The van der Waals surface area contributed by atoms with Crippen LogP contribution in [-0.4, -0.2) is 5.78 Å². The van der Waals surface area contributed by atoms with E-state index in [0.717, 1.165) is 36.0 Å². The molecular formula is C11H14O. The summed E-state index contributed by atoms with van der Waals surface area (Å²) in [5.41, 5.74) is 0. The van der Waals surface area contributed by atoms with Gasteiger partial charge in [-0.25, -0.2) is 0 Å². The fraction of sp³-hybridized carbons (Fsp3) is 0.909. The first-order chi connectivity index (χ1) is 5.86. The summed E-state index contributed by atoms with van der Waals surface area (Å²) in [6.07, 6.45) is 5.28. The minimum absolute atomic E-state index is 0.571. The number of fused-ring (bicyclic) bond motifs is 1. The minimum atomic E-state index is 0.571. The van der Waals surface area contributed by atoms with Crippen molar-refractivity contribution in [1.29, 1.82) is 0 Å². The summed E-state index contributed by atoms with van der Waals surface area (Å²) in [5, 5.41) is 0. The Kier molecular flexibility index (Phi) is 0.843. The predicted octanol–water partition coefficient (Wildman–Crippen LogP) is 1.87. The zero-order chi connectivity index (χ0) is 7.87. The molecule has 6 atom stereocenters. The molecule has 0 aromatic rings. The van der Waals surface area contributed by atoms with Crippen LogP contribution < -0.4 is 0 Å². The Hall–Kier alpha value is -0.330. The molecule has 0 radical (unpaired) electrons. The van der Waals surface area contributed by atoms with Crippen molar-refractivity contribution in [3.8, 4) is 0 Å². The fourth-order valence-corrected chi connectivity index (χ4v) is 4.76. The van der Waals surface area contributed by atoms with Gasteiger partial charge in [-0.2, -0.15) is 0 Å². The van der Waals surface area contributed by atoms with Crippen molar-refractivity contribution in [3.63, 3.8) is 0 Å². The maximum absolute atomic E-state index is 11.6. The smallest absolute Gasteiger partial charge is 0.136 e. The molecule has 5 aliphatic rings. The van der Waals surface area contributed by atoms with Gasteiger partial charge in [-0.15, -0.1) is 0 Å². The van der Waals surface area contributed by atoms with Crippen LogP contribution in [0.5, 0.6) is 0 Å². The highest BCUT2D eigenvalue weighted by Crippen LogP contribution is 2.71. The minimum Gasteiger partial charge on any atom is -0.299 e. The number of hydrogen-bond acceptors (Lipinski definition) is 1. The summed E-state index contributed by atoms with van der Waals surface area (Å²) in [7, 11) is 0. The molecule has 0 aliphatic heterocycles. The van der Waals surface area contributed by atoms with E-state index in [1.165, 1.54) is 19.3 Å². The molecule has 5 rings (SSSR count). The zero-order valence-corrected chi connectivity index (χ0v) is 7.20. The average molecular weight is 162 g/mol. The SMILES string of the molecule is O=C1CC2CC3CCC2C2C1C32. The molecule has 0 amide bonds. The van der Waals surface area contributed by atoms with E-state index in [0.29, 0.717) is 11.7 Å². The van der Waals surface area contributed by atoms with Crippen molar-refractivity contribution < 1.29 is 4.79 Å². The van der Waals surface area contributed by atoms with Crippen molar-refractivity contribution in [2.24, 2.45) is 35.5 Å². The molecule has 4 bridgehead atoms. The molecule has 0 saturated heterocycles. The Morgan fingerprint density at radius 2 is 2.00 bits per heavy atom. The Bertz CT molecular complexity index is 264. The summed E-state index contributed by atoms with van der Waals surface area (Å²) >= 11 is 0. The lowest BCUT2D eigenvalue weighted by Crippen LogP contribution is -2.35. The molecule has 0 heterocycles. The second-order valence-electron chi connectivity index (χ2n) is 5.35. The van der Waals surface area contributed by atoms with Crippen LogP contribution in [0.4, 0.5) is 0 Å². The molecule has 1 heteroatoms. The van der Waals surface area contributed by atoms with E-state index >= 15 is 0 Å². The van der Waals surface area contributed by atoms with Crippen LogP contribution in [0.3, 0.4) is 0 Å². The molecule has 5 saturated carbocycles. The number of ketones is 1. The van der Waals surface area contributed by atoms with Gasteiger partial charge in [-0.1, -0.05) is 0 Å². The quantitative estimate of drug-likeness (QED) is 0.531. The second kappa shape index (κ2) is 1.64. The Labute approximate surface area is 72.5 Å². The summed E-state index contributed by atoms with van der Waals surface area (Å²) in [5.74, 6) is 5.77. The van der Waals surface area contributed by atoms with Gasteiger partial charge in [0, 0.05) is 12.3 Å². The highest BCUT2D eigenvalue weighted by molar-refractivity contribution is 5.86. The van der Waals surface area contributed by atoms with Gasteiger partial charge < -0.3 is 0 Å². The Morgan fingerprint density at radius 1 is 1.08 bits per heavy atom. The van der Waals surface area contributed by atoms with E-state index in [4.69, 9.17) is 0 Å². The van der Waals surface area contributed by atoms with Crippen LogP contribution in [0, 0.1) is 35.5 Å². The lowest BCUT2D eigenvalue weighted by molar-refractivity contribution is -0.124. The van der Waals surface area contributed by atoms with E-state index in [-0.39, 0.29) is 0 Å². The maximum Gasteiger partial charge on any atom is 0.136 e. The van der Waals surface area contributed by atoms with Gasteiger partial charge in [0.2, 0.25) is 0 Å². The predicted molar refractivity (Wildman–Crippen MR) is 44.4 cm³/mol. The van der Waals surface area contributed by atoms with Crippen LogP contribution in [-0.2, 0) is 4.79 Å². The molecule has 1 nitrogen and oxygen atoms in total. The van der Waals surface area contributed by atoms with E-state index < -0.39 is 0 Å². The molecule has 5 aliphatic carbocycles. The van der Waals surface area contributed by atoms with Crippen LogP contribution >= 0.6 is 0 Å². The van der Waals surface area contributed by atoms with Gasteiger partial charge in [0.05, 0.1) is 0 Å².